The molecule has 1 aromatic heterocycles. The van der Waals surface area contributed by atoms with E-state index in [1.807, 2.05) is 24.3 Å². The van der Waals surface area contributed by atoms with Gasteiger partial charge < -0.3 is 19.4 Å². The second kappa shape index (κ2) is 9.08. The highest BCUT2D eigenvalue weighted by Gasteiger charge is 2.03. The maximum absolute atomic E-state index is 10.4. The number of carboxylic acid groups (broad SMARTS) is 1. The van der Waals surface area contributed by atoms with Crippen LogP contribution in [0.15, 0.2) is 59.8 Å². The summed E-state index contributed by atoms with van der Waals surface area (Å²) in [7, 11) is 1.61. The zero-order valence-corrected chi connectivity index (χ0v) is 14.9. The molecule has 2 aromatic carbocycles. The minimum absolute atomic E-state index is 0.249. The number of ether oxygens (including phenoxy) is 2. The van der Waals surface area contributed by atoms with Gasteiger partial charge in [0, 0.05) is 5.56 Å². The van der Waals surface area contributed by atoms with Gasteiger partial charge >= 0.3 is 0 Å². The number of hydrogen-bond acceptors (Lipinski definition) is 9. The quantitative estimate of drug-likeness (QED) is 0.457. The topological polar surface area (TPSA) is 122 Å². The summed E-state index contributed by atoms with van der Waals surface area (Å²) in [6, 6.07) is 14.1. The molecule has 1 heterocycles. The predicted molar refractivity (Wildman–Crippen MR) is 100.0 cm³/mol. The van der Waals surface area contributed by atoms with Gasteiger partial charge in [-0.1, -0.05) is 0 Å². The van der Waals surface area contributed by atoms with Gasteiger partial charge in [0.05, 0.1) is 31.2 Å². The summed E-state index contributed by atoms with van der Waals surface area (Å²) >= 11 is 0. The van der Waals surface area contributed by atoms with Crippen LogP contribution in [0.3, 0.4) is 0 Å². The summed E-state index contributed by atoms with van der Waals surface area (Å²) in [5.74, 6) is 0.151. The Labute approximate surface area is 160 Å². The minimum Gasteiger partial charge on any atom is -0.546 e. The van der Waals surface area contributed by atoms with Crippen LogP contribution in [0.2, 0.25) is 0 Å². The van der Waals surface area contributed by atoms with Gasteiger partial charge in [0.2, 0.25) is 0 Å². The number of anilines is 1. The van der Waals surface area contributed by atoms with Crippen molar-refractivity contribution in [1.29, 1.82) is 0 Å². The van der Waals surface area contributed by atoms with E-state index in [0.29, 0.717) is 11.4 Å². The summed E-state index contributed by atoms with van der Waals surface area (Å²) < 4.78 is 10.1. The van der Waals surface area contributed by atoms with E-state index >= 15 is 0 Å². The summed E-state index contributed by atoms with van der Waals surface area (Å²) in [5, 5.41) is 22.3. The van der Waals surface area contributed by atoms with E-state index in [9.17, 15) is 9.90 Å². The number of aromatic nitrogens is 3. The number of carboxylic acids is 1. The Morgan fingerprint density at radius 1 is 1.14 bits per heavy atom. The van der Waals surface area contributed by atoms with E-state index in [-0.39, 0.29) is 5.95 Å². The summed E-state index contributed by atoms with van der Waals surface area (Å²) in [5.41, 5.74) is 5.01. The molecule has 28 heavy (non-hydrogen) atoms. The SMILES string of the molecule is COc1ccc(-c2cnnc(N/N=C\c3ccc(OCC(=O)[O-])cc3)n2)cc1. The summed E-state index contributed by atoms with van der Waals surface area (Å²) in [4.78, 5) is 14.7. The van der Waals surface area contributed by atoms with Crippen molar-refractivity contribution in [3.05, 3.63) is 60.3 Å². The van der Waals surface area contributed by atoms with Crippen LogP contribution in [0.5, 0.6) is 11.5 Å². The third-order valence-corrected chi connectivity index (χ3v) is 3.56. The molecule has 1 N–H and O–H groups in total. The fourth-order valence-electron chi connectivity index (χ4n) is 2.21. The van der Waals surface area contributed by atoms with Gasteiger partial charge in [-0.15, -0.1) is 5.10 Å². The van der Waals surface area contributed by atoms with Crippen LogP contribution in [-0.4, -0.2) is 41.1 Å². The van der Waals surface area contributed by atoms with E-state index < -0.39 is 12.6 Å². The van der Waals surface area contributed by atoms with Crippen LogP contribution in [0.4, 0.5) is 5.95 Å². The smallest absolute Gasteiger partial charge is 0.263 e. The predicted octanol–water partition coefficient (Wildman–Crippen LogP) is 1.12. The first-order valence-corrected chi connectivity index (χ1v) is 8.20. The molecule has 0 bridgehead atoms. The van der Waals surface area contributed by atoms with Crippen LogP contribution >= 0.6 is 0 Å². The number of hydrogen-bond donors (Lipinski definition) is 1. The number of methoxy groups -OCH3 is 1. The molecule has 0 saturated heterocycles. The molecule has 0 radical (unpaired) electrons. The molecular formula is C19H16N5O4-. The lowest BCUT2D eigenvalue weighted by Crippen LogP contribution is -2.28. The monoisotopic (exact) mass is 378 g/mol. The Morgan fingerprint density at radius 2 is 1.86 bits per heavy atom. The fraction of sp³-hybridized carbons (Fsp3) is 0.105. The van der Waals surface area contributed by atoms with E-state index in [4.69, 9.17) is 9.47 Å². The minimum atomic E-state index is -1.28. The average Bonchev–Trinajstić information content (AvgIpc) is 2.73. The number of rotatable bonds is 8. The first-order valence-electron chi connectivity index (χ1n) is 8.20. The van der Waals surface area contributed by atoms with E-state index in [0.717, 1.165) is 16.9 Å². The van der Waals surface area contributed by atoms with Crippen LogP contribution in [0.25, 0.3) is 11.3 Å². The standard InChI is InChI=1S/C19H17N5O4/c1-27-15-8-4-14(5-9-15)17-11-21-24-19(22-17)23-20-10-13-2-6-16(7-3-13)28-12-18(25)26/h2-11H,12H2,1H3,(H,25,26)(H,22,23,24)/p-1/b20-10-. The lowest BCUT2D eigenvalue weighted by atomic mass is 10.1. The molecular weight excluding hydrogens is 362 g/mol. The molecule has 0 amide bonds. The second-order valence-electron chi connectivity index (χ2n) is 5.49. The molecule has 0 spiro atoms. The molecule has 3 aromatic rings. The molecule has 0 aliphatic rings. The van der Waals surface area contributed by atoms with Crippen LogP contribution in [0.1, 0.15) is 5.56 Å². The highest BCUT2D eigenvalue weighted by atomic mass is 16.5. The third-order valence-electron chi connectivity index (χ3n) is 3.56. The number of carbonyl (C=O) groups excluding carboxylic acids is 1. The molecule has 9 heteroatoms. The molecule has 0 saturated carbocycles. The zero-order valence-electron chi connectivity index (χ0n) is 14.9. The largest absolute Gasteiger partial charge is 0.546 e. The van der Waals surface area contributed by atoms with Gasteiger partial charge in [0.25, 0.3) is 5.95 Å². The third kappa shape index (κ3) is 5.24. The Kier molecular flexibility index (Phi) is 6.09. The van der Waals surface area contributed by atoms with Crippen molar-refractivity contribution in [2.24, 2.45) is 5.10 Å². The molecule has 0 aliphatic heterocycles. The van der Waals surface area contributed by atoms with Gasteiger partial charge in [-0.05, 0) is 54.1 Å². The van der Waals surface area contributed by atoms with Crippen molar-refractivity contribution >= 4 is 18.1 Å². The van der Waals surface area contributed by atoms with Gasteiger partial charge in [0.1, 0.15) is 18.1 Å². The van der Waals surface area contributed by atoms with Crippen molar-refractivity contribution < 1.29 is 19.4 Å². The van der Waals surface area contributed by atoms with Crippen molar-refractivity contribution in [3.8, 4) is 22.8 Å². The van der Waals surface area contributed by atoms with Crippen molar-refractivity contribution in [2.45, 2.75) is 0 Å². The molecule has 0 fully saturated rings. The van der Waals surface area contributed by atoms with E-state index in [1.165, 1.54) is 0 Å². The number of aliphatic carboxylic acids is 1. The lowest BCUT2D eigenvalue weighted by molar-refractivity contribution is -0.307. The molecule has 142 valence electrons. The average molecular weight is 378 g/mol. The molecule has 0 unspecified atom stereocenters. The second-order valence-corrected chi connectivity index (χ2v) is 5.49. The molecule has 0 aliphatic carbocycles. The first kappa shape index (κ1) is 18.8. The Balaban J connectivity index is 1.61. The lowest BCUT2D eigenvalue weighted by Gasteiger charge is -2.06. The number of carbonyl (C=O) groups is 1. The number of nitrogens with one attached hydrogen (secondary N) is 1. The van der Waals surface area contributed by atoms with Crippen molar-refractivity contribution in [1.82, 2.24) is 15.2 Å². The first-order chi connectivity index (χ1) is 13.6. The number of hydrazone groups is 1. The van der Waals surface area contributed by atoms with Crippen LogP contribution < -0.4 is 20.0 Å². The maximum Gasteiger partial charge on any atom is 0.263 e. The molecule has 9 nitrogen and oxygen atoms in total. The van der Waals surface area contributed by atoms with Gasteiger partial charge in [-0.3, -0.25) is 0 Å². The highest BCUT2D eigenvalue weighted by Crippen LogP contribution is 2.20. The highest BCUT2D eigenvalue weighted by molar-refractivity contribution is 5.80. The molecule has 0 atom stereocenters. The Morgan fingerprint density at radius 3 is 2.54 bits per heavy atom. The summed E-state index contributed by atoms with van der Waals surface area (Å²) in [6.07, 6.45) is 3.12. The Bertz CT molecular complexity index is 959. The van der Waals surface area contributed by atoms with Gasteiger partial charge in [-0.25, -0.2) is 10.4 Å². The van der Waals surface area contributed by atoms with Crippen molar-refractivity contribution in [3.63, 3.8) is 0 Å². The van der Waals surface area contributed by atoms with Crippen LogP contribution in [0, 0.1) is 0 Å². The maximum atomic E-state index is 10.4. The van der Waals surface area contributed by atoms with Gasteiger partial charge in [-0.2, -0.15) is 10.2 Å². The van der Waals surface area contributed by atoms with Crippen molar-refractivity contribution in [2.75, 3.05) is 19.1 Å². The van der Waals surface area contributed by atoms with E-state index in [2.05, 4.69) is 25.7 Å². The molecule has 3 rings (SSSR count). The van der Waals surface area contributed by atoms with Crippen LogP contribution in [-0.2, 0) is 4.79 Å². The fourth-order valence-corrected chi connectivity index (χ4v) is 2.21. The zero-order chi connectivity index (χ0) is 19.8. The van der Waals surface area contributed by atoms with E-state index in [1.54, 1.807) is 43.8 Å². The number of benzene rings is 2. The normalized spacial score (nSPS) is 10.6. The Hall–Kier alpha value is -4.01. The summed E-state index contributed by atoms with van der Waals surface area (Å²) in [6.45, 7) is -0.496. The number of nitrogens with zero attached hydrogens (tertiary/aromatic N) is 4. The van der Waals surface area contributed by atoms with Gasteiger partial charge in [0.15, 0.2) is 0 Å².